The van der Waals surface area contributed by atoms with Crippen LogP contribution in [-0.4, -0.2) is 77.1 Å². The van der Waals surface area contributed by atoms with E-state index in [-0.39, 0.29) is 16.6 Å². The lowest BCUT2D eigenvalue weighted by atomic mass is 9.95. The molecule has 1 aliphatic rings. The van der Waals surface area contributed by atoms with Crippen LogP contribution < -0.4 is 4.74 Å². The van der Waals surface area contributed by atoms with Gasteiger partial charge in [-0.3, -0.25) is 10.00 Å². The minimum Gasteiger partial charge on any atom is -0.496 e. The van der Waals surface area contributed by atoms with Crippen LogP contribution in [-0.2, 0) is 16.6 Å². The van der Waals surface area contributed by atoms with Gasteiger partial charge in [0.2, 0.25) is 10.0 Å². The van der Waals surface area contributed by atoms with Gasteiger partial charge in [0.05, 0.1) is 40.8 Å². The van der Waals surface area contributed by atoms with E-state index in [9.17, 15) is 12.8 Å². The second kappa shape index (κ2) is 15.4. The van der Waals surface area contributed by atoms with Crippen LogP contribution in [0.1, 0.15) is 62.9 Å². The normalized spacial score (nSPS) is 16.4. The molecule has 0 aliphatic carbocycles. The molecule has 0 radical (unpaired) electrons. The number of hydrogen-bond donors (Lipinski definition) is 1. The third-order valence-electron chi connectivity index (χ3n) is 8.04. The van der Waals surface area contributed by atoms with E-state index in [1.54, 1.807) is 36.1 Å². The SMILES string of the molecule is C=C/C(=C\C=C(/CC)c1n[nH]c2ccc(-n3cc([C@@H]4CCCN(Cc5c(F)cccc5OC)C4)nn3)cc12)S(=O)(=O)N(C)C.CC. The average molecular weight is 650 g/mol. The van der Waals surface area contributed by atoms with Crippen LogP contribution in [0.2, 0.25) is 0 Å². The zero-order valence-corrected chi connectivity index (χ0v) is 28.3. The van der Waals surface area contributed by atoms with Crippen molar-refractivity contribution < 1.29 is 17.5 Å². The van der Waals surface area contributed by atoms with Crippen molar-refractivity contribution in [1.82, 2.24) is 34.4 Å². The van der Waals surface area contributed by atoms with Gasteiger partial charge in [0.25, 0.3) is 0 Å². The van der Waals surface area contributed by atoms with Crippen LogP contribution in [0.5, 0.6) is 5.75 Å². The van der Waals surface area contributed by atoms with Crippen LogP contribution in [0.3, 0.4) is 0 Å². The van der Waals surface area contributed by atoms with Crippen LogP contribution in [0.15, 0.2) is 72.3 Å². The molecule has 0 amide bonds. The second-order valence-electron chi connectivity index (χ2n) is 11.0. The Morgan fingerprint density at radius 1 is 1.22 bits per heavy atom. The first-order valence-electron chi connectivity index (χ1n) is 15.6. The second-order valence-corrected chi connectivity index (χ2v) is 13.1. The number of benzene rings is 2. The molecule has 3 heterocycles. The van der Waals surface area contributed by atoms with E-state index in [4.69, 9.17) is 4.74 Å². The lowest BCUT2D eigenvalue weighted by molar-refractivity contribution is 0.194. The number of methoxy groups -OCH3 is 1. The van der Waals surface area contributed by atoms with E-state index < -0.39 is 10.0 Å². The predicted octanol–water partition coefficient (Wildman–Crippen LogP) is 6.45. The minimum atomic E-state index is -3.62. The number of piperidine rings is 1. The van der Waals surface area contributed by atoms with Crippen LogP contribution in [0.25, 0.3) is 22.2 Å². The number of allylic oxidation sites excluding steroid dienone is 4. The highest BCUT2D eigenvalue weighted by Crippen LogP contribution is 2.31. The molecule has 0 bridgehead atoms. The standard InChI is InChI=1S/C32H38FN7O3S.C2H6/c1-6-22(13-15-25(7-2)44(41,42)38(3)4)32-26-18-24(14-16-29(26)34-36-32)40-21-30(35-37-40)23-10-9-17-39(19-23)20-27-28(33)11-8-12-31(27)43-5;1-2/h7-8,11-16,18,21,23H,2,6,9-10,17,19-20H2,1,3-5H3,(H,34,36);1-2H3/b22-13+,25-15+;/t23-;/m1./s1. The van der Waals surface area contributed by atoms with Crippen LogP contribution in [0.4, 0.5) is 4.39 Å². The summed E-state index contributed by atoms with van der Waals surface area (Å²) in [6.45, 7) is 11.8. The van der Waals surface area contributed by atoms with Gasteiger partial charge in [-0.1, -0.05) is 44.7 Å². The summed E-state index contributed by atoms with van der Waals surface area (Å²) >= 11 is 0. The quantitative estimate of drug-likeness (QED) is 0.186. The number of rotatable bonds is 11. The highest BCUT2D eigenvalue weighted by molar-refractivity contribution is 7.93. The number of aromatic amines is 1. The number of hydrogen-bond acceptors (Lipinski definition) is 7. The maximum absolute atomic E-state index is 14.6. The first kappa shape index (κ1) is 34.7. The topological polar surface area (TPSA) is 109 Å². The Morgan fingerprint density at radius 2 is 2.00 bits per heavy atom. The Bertz CT molecular complexity index is 1820. The van der Waals surface area contributed by atoms with Gasteiger partial charge in [-0.15, -0.1) is 5.10 Å². The Kier molecular flexibility index (Phi) is 11.7. The third kappa shape index (κ3) is 7.46. The van der Waals surface area contributed by atoms with Crippen molar-refractivity contribution in [1.29, 1.82) is 0 Å². The molecule has 46 heavy (non-hydrogen) atoms. The number of nitrogens with zero attached hydrogens (tertiary/aromatic N) is 6. The largest absolute Gasteiger partial charge is 0.496 e. The molecule has 1 saturated heterocycles. The van der Waals surface area contributed by atoms with Gasteiger partial charge in [-0.2, -0.15) is 5.10 Å². The molecule has 12 heteroatoms. The molecule has 2 aromatic carbocycles. The van der Waals surface area contributed by atoms with Crippen molar-refractivity contribution in [2.45, 2.75) is 52.5 Å². The van der Waals surface area contributed by atoms with E-state index in [2.05, 4.69) is 32.0 Å². The maximum Gasteiger partial charge on any atom is 0.242 e. The number of ether oxygens (including phenoxy) is 1. The number of fused-ring (bicyclic) bond motifs is 1. The lowest BCUT2D eigenvalue weighted by Gasteiger charge is -2.32. The zero-order chi connectivity index (χ0) is 33.4. The van der Waals surface area contributed by atoms with Gasteiger partial charge in [0, 0.05) is 44.1 Å². The van der Waals surface area contributed by atoms with Crippen molar-refractivity contribution in [3.8, 4) is 11.4 Å². The van der Waals surface area contributed by atoms with Crippen molar-refractivity contribution in [3.63, 3.8) is 0 Å². The van der Waals surface area contributed by atoms with Crippen molar-refractivity contribution in [2.75, 3.05) is 34.3 Å². The van der Waals surface area contributed by atoms with Crippen LogP contribution in [0, 0.1) is 5.82 Å². The highest BCUT2D eigenvalue weighted by atomic mass is 32.2. The summed E-state index contributed by atoms with van der Waals surface area (Å²) in [7, 11) is 0.922. The number of H-pyrrole nitrogens is 1. The Morgan fingerprint density at radius 3 is 2.70 bits per heavy atom. The van der Waals surface area contributed by atoms with Gasteiger partial charge < -0.3 is 4.74 Å². The molecule has 2 aromatic heterocycles. The molecule has 0 unspecified atom stereocenters. The number of likely N-dealkylation sites (tertiary alicyclic amines) is 1. The van der Waals surface area contributed by atoms with E-state index in [1.165, 1.54) is 26.2 Å². The van der Waals surface area contributed by atoms with Gasteiger partial charge in [-0.25, -0.2) is 21.8 Å². The van der Waals surface area contributed by atoms with E-state index in [1.807, 2.05) is 45.2 Å². The molecular weight excluding hydrogens is 605 g/mol. The van der Waals surface area contributed by atoms with Gasteiger partial charge in [0.15, 0.2) is 0 Å². The molecule has 1 aliphatic heterocycles. The number of halogens is 1. The summed E-state index contributed by atoms with van der Waals surface area (Å²) in [4.78, 5) is 2.35. The predicted molar refractivity (Wildman–Crippen MR) is 182 cm³/mol. The zero-order valence-electron chi connectivity index (χ0n) is 27.5. The Labute approximate surface area is 271 Å². The fourth-order valence-corrected chi connectivity index (χ4v) is 6.42. The molecular formula is C34H44FN7O3S. The van der Waals surface area contributed by atoms with Gasteiger partial charge in [0.1, 0.15) is 11.6 Å². The highest BCUT2D eigenvalue weighted by Gasteiger charge is 2.26. The number of aromatic nitrogens is 5. The molecule has 5 rings (SSSR count). The Hall–Kier alpha value is -4.13. The molecule has 1 N–H and O–H groups in total. The number of nitrogens with one attached hydrogen (secondary N) is 1. The average Bonchev–Trinajstić information content (AvgIpc) is 3.73. The molecule has 246 valence electrons. The van der Waals surface area contributed by atoms with E-state index >= 15 is 0 Å². The minimum absolute atomic E-state index is 0.110. The van der Waals surface area contributed by atoms with E-state index in [0.29, 0.717) is 24.3 Å². The van der Waals surface area contributed by atoms with Crippen molar-refractivity contribution >= 4 is 26.5 Å². The summed E-state index contributed by atoms with van der Waals surface area (Å²) in [6, 6.07) is 10.8. The fraction of sp³-hybridized carbons (Fsp3) is 0.382. The molecule has 0 saturated carbocycles. The smallest absolute Gasteiger partial charge is 0.242 e. The third-order valence-corrected chi connectivity index (χ3v) is 9.90. The summed E-state index contributed by atoms with van der Waals surface area (Å²) in [5.74, 6) is 0.467. The molecule has 0 spiro atoms. The first-order valence-corrected chi connectivity index (χ1v) is 17.0. The maximum atomic E-state index is 14.6. The summed E-state index contributed by atoms with van der Waals surface area (Å²) in [5.41, 5.74) is 4.74. The molecule has 1 atom stereocenters. The van der Waals surface area contributed by atoms with Gasteiger partial charge in [-0.05, 0) is 73.9 Å². The first-order chi connectivity index (χ1) is 22.2. The van der Waals surface area contributed by atoms with Crippen molar-refractivity contribution in [2.24, 2.45) is 0 Å². The summed E-state index contributed by atoms with van der Waals surface area (Å²) < 4.78 is 48.1. The van der Waals surface area contributed by atoms with Crippen molar-refractivity contribution in [3.05, 3.63) is 95.1 Å². The summed E-state index contributed by atoms with van der Waals surface area (Å²) in [5, 5.41) is 17.5. The molecule has 1 fully saturated rings. The number of sulfonamides is 1. The Balaban J connectivity index is 0.00000235. The summed E-state index contributed by atoms with van der Waals surface area (Å²) in [6.07, 6.45) is 9.22. The lowest BCUT2D eigenvalue weighted by Crippen LogP contribution is -2.34. The van der Waals surface area contributed by atoms with E-state index in [0.717, 1.165) is 63.8 Å². The molecule has 10 nitrogen and oxygen atoms in total. The fourth-order valence-electron chi connectivity index (χ4n) is 5.54. The van der Waals surface area contributed by atoms with Gasteiger partial charge >= 0.3 is 0 Å². The van der Waals surface area contributed by atoms with Crippen LogP contribution >= 0.6 is 0 Å². The molecule has 4 aromatic rings. The monoisotopic (exact) mass is 649 g/mol.